The van der Waals surface area contributed by atoms with Gasteiger partial charge in [0.2, 0.25) is 5.88 Å². The van der Waals surface area contributed by atoms with E-state index in [0.29, 0.717) is 17.3 Å². The molecule has 37 heavy (non-hydrogen) atoms. The van der Waals surface area contributed by atoms with Gasteiger partial charge in [0, 0.05) is 41.9 Å². The maximum atomic E-state index is 12.9. The second-order valence-corrected chi connectivity index (χ2v) is 11.1. The van der Waals surface area contributed by atoms with Crippen LogP contribution in [0.1, 0.15) is 68.7 Å². The molecule has 2 aromatic heterocycles. The van der Waals surface area contributed by atoms with Crippen LogP contribution < -0.4 is 4.74 Å². The van der Waals surface area contributed by atoms with Crippen molar-refractivity contribution in [2.45, 2.75) is 89.0 Å². The summed E-state index contributed by atoms with van der Waals surface area (Å²) in [6, 6.07) is 6.13. The van der Waals surface area contributed by atoms with Crippen LogP contribution in [0.25, 0.3) is 5.69 Å². The molecule has 2 aliphatic heterocycles. The van der Waals surface area contributed by atoms with Crippen LogP contribution in [0.15, 0.2) is 37.2 Å². The lowest BCUT2D eigenvalue weighted by atomic mass is 9.82. The molecule has 2 saturated heterocycles. The number of hydrogen-bond acceptors (Lipinski definition) is 7. The summed E-state index contributed by atoms with van der Waals surface area (Å²) >= 11 is 6.60. The van der Waals surface area contributed by atoms with Crippen molar-refractivity contribution in [1.29, 1.82) is 0 Å². The number of carbonyl (C=O) groups excluding carboxylic acids is 1. The van der Waals surface area contributed by atoms with E-state index in [-0.39, 0.29) is 29.9 Å². The molecule has 0 N–H and O–H groups in total. The zero-order valence-corrected chi connectivity index (χ0v) is 21.9. The summed E-state index contributed by atoms with van der Waals surface area (Å²) < 4.78 is 14.0. The molecule has 10 heteroatoms. The molecule has 3 fully saturated rings. The van der Waals surface area contributed by atoms with Crippen molar-refractivity contribution in [1.82, 2.24) is 29.6 Å². The SMILES string of the molecule is Cc1c(Cc2ccc(-n3cncn3)cc2Cl)ncnc1OC1CC2CCC(C1)N2C(=O)OC1(C)CCC1. The number of aromatic nitrogens is 5. The number of rotatable bonds is 6. The molecule has 194 valence electrons. The lowest BCUT2D eigenvalue weighted by molar-refractivity contribution is -0.0610. The summed E-state index contributed by atoms with van der Waals surface area (Å²) in [7, 11) is 0. The van der Waals surface area contributed by atoms with Crippen molar-refractivity contribution in [2.24, 2.45) is 0 Å². The van der Waals surface area contributed by atoms with E-state index < -0.39 is 0 Å². The molecule has 1 saturated carbocycles. The van der Waals surface area contributed by atoms with Gasteiger partial charge >= 0.3 is 6.09 Å². The number of halogens is 1. The normalized spacial score (nSPS) is 24.0. The monoisotopic (exact) mass is 522 g/mol. The molecule has 9 nitrogen and oxygen atoms in total. The Hall–Kier alpha value is -3.20. The first kappa shape index (κ1) is 24.2. The predicted octanol–water partition coefficient (Wildman–Crippen LogP) is 5.06. The third-order valence-corrected chi connectivity index (χ3v) is 8.50. The quantitative estimate of drug-likeness (QED) is 0.446. The molecule has 2 atom stereocenters. The topological polar surface area (TPSA) is 95.3 Å². The lowest BCUT2D eigenvalue weighted by Gasteiger charge is -2.43. The highest BCUT2D eigenvalue weighted by Crippen LogP contribution is 2.41. The first-order valence-corrected chi connectivity index (χ1v) is 13.4. The third kappa shape index (κ3) is 4.77. The van der Waals surface area contributed by atoms with Gasteiger partial charge in [0.1, 0.15) is 30.7 Å². The lowest BCUT2D eigenvalue weighted by Crippen LogP contribution is -2.52. The van der Waals surface area contributed by atoms with Crippen molar-refractivity contribution < 1.29 is 14.3 Å². The van der Waals surface area contributed by atoms with Crippen LogP contribution in [0.2, 0.25) is 5.02 Å². The number of fused-ring (bicyclic) bond motifs is 2. The van der Waals surface area contributed by atoms with Gasteiger partial charge in [0.05, 0.1) is 11.4 Å². The van der Waals surface area contributed by atoms with E-state index in [9.17, 15) is 4.79 Å². The third-order valence-electron chi connectivity index (χ3n) is 8.14. The number of piperidine rings is 1. The van der Waals surface area contributed by atoms with Gasteiger partial charge in [0.25, 0.3) is 0 Å². The summed E-state index contributed by atoms with van der Waals surface area (Å²) in [5.41, 5.74) is 3.31. The minimum Gasteiger partial charge on any atom is -0.474 e. The van der Waals surface area contributed by atoms with E-state index in [1.807, 2.05) is 36.9 Å². The molecular weight excluding hydrogens is 492 g/mol. The zero-order valence-electron chi connectivity index (χ0n) is 21.1. The van der Waals surface area contributed by atoms with E-state index in [1.54, 1.807) is 17.3 Å². The van der Waals surface area contributed by atoms with Crippen LogP contribution in [0.4, 0.5) is 4.79 Å². The minimum absolute atomic E-state index is 0.00726. The first-order chi connectivity index (χ1) is 17.9. The Kier molecular flexibility index (Phi) is 6.26. The Morgan fingerprint density at radius 2 is 1.95 bits per heavy atom. The summed E-state index contributed by atoms with van der Waals surface area (Å²) in [5.74, 6) is 0.600. The van der Waals surface area contributed by atoms with E-state index in [4.69, 9.17) is 21.1 Å². The summed E-state index contributed by atoms with van der Waals surface area (Å²) in [6.07, 6.45) is 11.7. The molecular formula is C27H31ClN6O3. The maximum Gasteiger partial charge on any atom is 0.410 e. The van der Waals surface area contributed by atoms with Gasteiger partial charge in [0.15, 0.2) is 0 Å². The smallest absolute Gasteiger partial charge is 0.410 e. The number of benzene rings is 1. The largest absolute Gasteiger partial charge is 0.474 e. The van der Waals surface area contributed by atoms with Crippen LogP contribution in [0, 0.1) is 6.92 Å². The molecule has 0 spiro atoms. The average Bonchev–Trinajstić information content (AvgIpc) is 3.48. The average molecular weight is 523 g/mol. The molecule has 1 aromatic carbocycles. The van der Waals surface area contributed by atoms with E-state index >= 15 is 0 Å². The van der Waals surface area contributed by atoms with Gasteiger partial charge in [-0.05, 0) is 63.6 Å². The van der Waals surface area contributed by atoms with Crippen molar-refractivity contribution in [2.75, 3.05) is 0 Å². The highest BCUT2D eigenvalue weighted by Gasteiger charge is 2.47. The van der Waals surface area contributed by atoms with Crippen LogP contribution in [-0.2, 0) is 11.2 Å². The molecule has 0 radical (unpaired) electrons. The Balaban J connectivity index is 1.12. The molecule has 4 heterocycles. The number of carbonyl (C=O) groups is 1. The number of ether oxygens (including phenoxy) is 2. The molecule has 2 bridgehead atoms. The molecule has 6 rings (SSSR count). The number of amides is 1. The van der Waals surface area contributed by atoms with E-state index in [2.05, 4.69) is 20.1 Å². The fourth-order valence-electron chi connectivity index (χ4n) is 5.83. The maximum absolute atomic E-state index is 12.9. The standard InChI is InChI=1S/C27H31ClN6O3/c1-17-24(10-18-4-5-19(13-23(18)28)33-16-29-14-32-33)30-15-31-25(17)36-22-11-20-6-7-21(12-22)34(20)26(35)37-27(2)8-3-9-27/h4-5,13-16,20-22H,3,6-12H2,1-2H3. The fourth-order valence-corrected chi connectivity index (χ4v) is 6.07. The van der Waals surface area contributed by atoms with Gasteiger partial charge in [-0.15, -0.1) is 0 Å². The summed E-state index contributed by atoms with van der Waals surface area (Å²) in [4.78, 5) is 27.9. The highest BCUT2D eigenvalue weighted by atomic mass is 35.5. The van der Waals surface area contributed by atoms with Crippen LogP contribution in [-0.4, -0.2) is 59.5 Å². The summed E-state index contributed by atoms with van der Waals surface area (Å²) in [6.45, 7) is 4.03. The first-order valence-electron chi connectivity index (χ1n) is 13.0. The molecule has 3 aromatic rings. The van der Waals surface area contributed by atoms with Crippen LogP contribution >= 0.6 is 11.6 Å². The molecule has 1 aliphatic carbocycles. The fraction of sp³-hybridized carbons (Fsp3) is 0.519. The highest BCUT2D eigenvalue weighted by molar-refractivity contribution is 6.31. The van der Waals surface area contributed by atoms with Gasteiger partial charge in [-0.2, -0.15) is 5.10 Å². The second-order valence-electron chi connectivity index (χ2n) is 10.7. The minimum atomic E-state index is -0.280. The van der Waals surface area contributed by atoms with Gasteiger partial charge in [-0.1, -0.05) is 17.7 Å². The second kappa shape index (κ2) is 9.59. The molecule has 3 aliphatic rings. The predicted molar refractivity (Wildman–Crippen MR) is 137 cm³/mol. The molecule has 1 amide bonds. The summed E-state index contributed by atoms with van der Waals surface area (Å²) in [5, 5.41) is 4.79. The van der Waals surface area contributed by atoms with Crippen molar-refractivity contribution in [3.05, 3.63) is 59.0 Å². The Bertz CT molecular complexity index is 1280. The Morgan fingerprint density at radius 3 is 2.59 bits per heavy atom. The van der Waals surface area contributed by atoms with Gasteiger partial charge < -0.3 is 14.4 Å². The number of hydrogen-bond donors (Lipinski definition) is 0. The van der Waals surface area contributed by atoms with Crippen LogP contribution in [0.3, 0.4) is 0 Å². The Labute approximate surface area is 221 Å². The van der Waals surface area contributed by atoms with Crippen molar-refractivity contribution >= 4 is 17.7 Å². The number of nitrogens with zero attached hydrogens (tertiary/aromatic N) is 6. The van der Waals surface area contributed by atoms with E-state index in [1.165, 1.54) is 6.33 Å². The van der Waals surface area contributed by atoms with Gasteiger partial charge in [-0.25, -0.2) is 24.4 Å². The van der Waals surface area contributed by atoms with Crippen molar-refractivity contribution in [3.8, 4) is 11.6 Å². The zero-order chi connectivity index (χ0) is 25.6. The molecule has 2 unspecified atom stereocenters. The Morgan fingerprint density at radius 1 is 1.16 bits per heavy atom. The van der Waals surface area contributed by atoms with E-state index in [0.717, 1.165) is 67.5 Å². The van der Waals surface area contributed by atoms with Gasteiger partial charge in [-0.3, -0.25) is 0 Å². The van der Waals surface area contributed by atoms with Crippen molar-refractivity contribution in [3.63, 3.8) is 0 Å². The van der Waals surface area contributed by atoms with Crippen LogP contribution in [0.5, 0.6) is 5.88 Å².